The molecule has 2 aliphatic rings. The standard InChI is InChI=1S/C23H31N5O2/c1-17-7-9-20(10-8-17)28-16-21(25-26-28)23(30)27-13-11-19(12-14-27)24-22(29)15-18-5-3-2-4-6-18/h7-10,16,18-19H,2-6,11-15H2,1H3,(H,24,29). The van der Waals surface area contributed by atoms with Crippen molar-refractivity contribution in [1.29, 1.82) is 0 Å². The summed E-state index contributed by atoms with van der Waals surface area (Å²) >= 11 is 0. The molecule has 1 aromatic heterocycles. The third-order valence-electron chi connectivity index (χ3n) is 6.36. The minimum absolute atomic E-state index is 0.0969. The highest BCUT2D eigenvalue weighted by Crippen LogP contribution is 2.26. The van der Waals surface area contributed by atoms with Crippen LogP contribution in [0.15, 0.2) is 30.5 Å². The van der Waals surface area contributed by atoms with E-state index in [2.05, 4.69) is 15.6 Å². The summed E-state index contributed by atoms with van der Waals surface area (Å²) in [6, 6.07) is 8.09. The fraction of sp³-hybridized carbons (Fsp3) is 0.565. The molecule has 4 rings (SSSR count). The van der Waals surface area contributed by atoms with Gasteiger partial charge in [-0.25, -0.2) is 4.68 Å². The van der Waals surface area contributed by atoms with Crippen molar-refractivity contribution < 1.29 is 9.59 Å². The molecule has 7 nitrogen and oxygen atoms in total. The van der Waals surface area contributed by atoms with E-state index in [1.165, 1.54) is 37.7 Å². The van der Waals surface area contributed by atoms with Gasteiger partial charge in [0.1, 0.15) is 0 Å². The van der Waals surface area contributed by atoms with Crippen LogP contribution in [0.25, 0.3) is 5.69 Å². The van der Waals surface area contributed by atoms with Gasteiger partial charge in [-0.05, 0) is 50.7 Å². The van der Waals surface area contributed by atoms with E-state index in [0.29, 0.717) is 31.1 Å². The van der Waals surface area contributed by atoms with Crippen LogP contribution in [0.1, 0.15) is 67.4 Å². The Labute approximate surface area is 177 Å². The van der Waals surface area contributed by atoms with Gasteiger partial charge in [-0.3, -0.25) is 9.59 Å². The lowest BCUT2D eigenvalue weighted by Crippen LogP contribution is -2.46. The van der Waals surface area contributed by atoms with Crippen LogP contribution in [0.3, 0.4) is 0 Å². The topological polar surface area (TPSA) is 80.1 Å². The quantitative estimate of drug-likeness (QED) is 0.822. The third kappa shape index (κ3) is 5.07. The van der Waals surface area contributed by atoms with Crippen molar-refractivity contribution in [2.75, 3.05) is 13.1 Å². The van der Waals surface area contributed by atoms with Gasteiger partial charge < -0.3 is 10.2 Å². The number of piperidine rings is 1. The molecule has 1 aliphatic carbocycles. The van der Waals surface area contributed by atoms with Crippen molar-refractivity contribution in [2.45, 2.75) is 64.3 Å². The summed E-state index contributed by atoms with van der Waals surface area (Å²) in [6.45, 7) is 3.29. The number of benzene rings is 1. The molecular weight excluding hydrogens is 378 g/mol. The summed E-state index contributed by atoms with van der Waals surface area (Å²) in [4.78, 5) is 27.0. The van der Waals surface area contributed by atoms with Crippen LogP contribution in [-0.2, 0) is 4.79 Å². The van der Waals surface area contributed by atoms with Crippen LogP contribution < -0.4 is 5.32 Å². The molecule has 1 aliphatic heterocycles. The number of rotatable bonds is 5. The van der Waals surface area contributed by atoms with Crippen molar-refractivity contribution in [3.63, 3.8) is 0 Å². The molecule has 2 heterocycles. The molecule has 2 fully saturated rings. The Morgan fingerprint density at radius 2 is 1.73 bits per heavy atom. The van der Waals surface area contributed by atoms with E-state index in [0.717, 1.165) is 18.5 Å². The zero-order chi connectivity index (χ0) is 20.9. The molecule has 0 unspecified atom stereocenters. The van der Waals surface area contributed by atoms with Crippen molar-refractivity contribution in [2.24, 2.45) is 5.92 Å². The Morgan fingerprint density at radius 1 is 1.03 bits per heavy atom. The number of hydrogen-bond acceptors (Lipinski definition) is 4. The molecule has 0 radical (unpaired) electrons. The van der Waals surface area contributed by atoms with Crippen molar-refractivity contribution in [3.8, 4) is 5.69 Å². The molecule has 1 aromatic carbocycles. The lowest BCUT2D eigenvalue weighted by molar-refractivity contribution is -0.123. The molecule has 30 heavy (non-hydrogen) atoms. The maximum atomic E-state index is 12.8. The Kier molecular flexibility index (Phi) is 6.45. The third-order valence-corrected chi connectivity index (χ3v) is 6.36. The maximum absolute atomic E-state index is 12.8. The first kappa shape index (κ1) is 20.6. The average Bonchev–Trinajstić information content (AvgIpc) is 3.25. The van der Waals surface area contributed by atoms with Crippen LogP contribution in [0.2, 0.25) is 0 Å². The molecule has 2 amide bonds. The van der Waals surface area contributed by atoms with Gasteiger partial charge in [-0.15, -0.1) is 5.10 Å². The molecule has 1 saturated heterocycles. The fourth-order valence-corrected chi connectivity index (χ4v) is 4.51. The van der Waals surface area contributed by atoms with Gasteiger partial charge in [0, 0.05) is 25.6 Å². The monoisotopic (exact) mass is 409 g/mol. The van der Waals surface area contributed by atoms with E-state index in [4.69, 9.17) is 0 Å². The number of aryl methyl sites for hydroxylation is 1. The molecule has 1 N–H and O–H groups in total. The molecular formula is C23H31N5O2. The molecule has 1 saturated carbocycles. The number of aromatic nitrogens is 3. The Hall–Kier alpha value is -2.70. The van der Waals surface area contributed by atoms with Crippen molar-refractivity contribution >= 4 is 11.8 Å². The van der Waals surface area contributed by atoms with E-state index in [1.807, 2.05) is 36.1 Å². The Bertz CT molecular complexity index is 862. The van der Waals surface area contributed by atoms with Gasteiger partial charge in [0.25, 0.3) is 5.91 Å². The number of hydrogen-bond donors (Lipinski definition) is 1. The fourth-order valence-electron chi connectivity index (χ4n) is 4.51. The molecule has 2 aromatic rings. The highest BCUT2D eigenvalue weighted by atomic mass is 16.2. The van der Waals surface area contributed by atoms with Crippen LogP contribution in [0.4, 0.5) is 0 Å². The zero-order valence-corrected chi connectivity index (χ0v) is 17.7. The lowest BCUT2D eigenvalue weighted by Gasteiger charge is -2.32. The van der Waals surface area contributed by atoms with Crippen LogP contribution in [-0.4, -0.2) is 50.8 Å². The SMILES string of the molecule is Cc1ccc(-n2cc(C(=O)N3CCC(NC(=O)CC4CCCCC4)CC3)nn2)cc1. The number of nitrogens with zero attached hydrogens (tertiary/aromatic N) is 4. The maximum Gasteiger partial charge on any atom is 0.276 e. The van der Waals surface area contributed by atoms with Gasteiger partial charge in [0.05, 0.1) is 11.9 Å². The molecule has 0 bridgehead atoms. The first-order chi connectivity index (χ1) is 14.6. The highest BCUT2D eigenvalue weighted by molar-refractivity contribution is 5.92. The van der Waals surface area contributed by atoms with Crippen molar-refractivity contribution in [3.05, 3.63) is 41.7 Å². The summed E-state index contributed by atoms with van der Waals surface area (Å²) in [5.41, 5.74) is 2.41. The molecule has 0 atom stereocenters. The van der Waals surface area contributed by atoms with Crippen molar-refractivity contribution in [1.82, 2.24) is 25.2 Å². The number of carbonyl (C=O) groups excluding carboxylic acids is 2. The molecule has 0 spiro atoms. The van der Waals surface area contributed by atoms with Gasteiger partial charge in [-0.2, -0.15) is 0 Å². The lowest BCUT2D eigenvalue weighted by atomic mass is 9.86. The number of amides is 2. The Balaban J connectivity index is 1.26. The minimum Gasteiger partial charge on any atom is -0.353 e. The molecule has 160 valence electrons. The first-order valence-electron chi connectivity index (χ1n) is 11.2. The van der Waals surface area contributed by atoms with Gasteiger partial charge in [-0.1, -0.05) is 42.2 Å². The van der Waals surface area contributed by atoms with E-state index in [-0.39, 0.29) is 17.9 Å². The predicted molar refractivity (Wildman–Crippen MR) is 114 cm³/mol. The van der Waals surface area contributed by atoms with Gasteiger partial charge >= 0.3 is 0 Å². The normalized spacial score (nSPS) is 18.4. The highest BCUT2D eigenvalue weighted by Gasteiger charge is 2.27. The number of carbonyl (C=O) groups is 2. The van der Waals surface area contributed by atoms with E-state index in [1.54, 1.807) is 10.9 Å². The summed E-state index contributed by atoms with van der Waals surface area (Å²) in [5, 5.41) is 11.4. The van der Waals surface area contributed by atoms with Crippen LogP contribution >= 0.6 is 0 Å². The number of likely N-dealkylation sites (tertiary alicyclic amines) is 1. The second-order valence-corrected chi connectivity index (χ2v) is 8.73. The number of nitrogens with one attached hydrogen (secondary N) is 1. The molecule has 7 heteroatoms. The summed E-state index contributed by atoms with van der Waals surface area (Å²) in [5.74, 6) is 0.629. The van der Waals surface area contributed by atoms with E-state index in [9.17, 15) is 9.59 Å². The largest absolute Gasteiger partial charge is 0.353 e. The first-order valence-corrected chi connectivity index (χ1v) is 11.2. The average molecular weight is 410 g/mol. The summed E-state index contributed by atoms with van der Waals surface area (Å²) in [7, 11) is 0. The smallest absolute Gasteiger partial charge is 0.276 e. The zero-order valence-electron chi connectivity index (χ0n) is 17.7. The van der Waals surface area contributed by atoms with E-state index < -0.39 is 0 Å². The second-order valence-electron chi connectivity index (χ2n) is 8.73. The Morgan fingerprint density at radius 3 is 2.43 bits per heavy atom. The second kappa shape index (κ2) is 9.41. The van der Waals surface area contributed by atoms with Gasteiger partial charge in [0.15, 0.2) is 5.69 Å². The van der Waals surface area contributed by atoms with E-state index >= 15 is 0 Å². The van der Waals surface area contributed by atoms with Gasteiger partial charge in [0.2, 0.25) is 5.91 Å². The summed E-state index contributed by atoms with van der Waals surface area (Å²) in [6.07, 6.45) is 10.1. The van der Waals surface area contributed by atoms with Crippen LogP contribution in [0.5, 0.6) is 0 Å². The minimum atomic E-state index is -0.0969. The summed E-state index contributed by atoms with van der Waals surface area (Å²) < 4.78 is 1.63. The van der Waals surface area contributed by atoms with Crippen LogP contribution in [0, 0.1) is 12.8 Å². The predicted octanol–water partition coefficient (Wildman–Crippen LogP) is 3.27.